The first-order chi connectivity index (χ1) is 11.4. The van der Waals surface area contributed by atoms with Gasteiger partial charge in [0.05, 0.1) is 23.2 Å². The number of nitrogen functional groups attached to an aromatic ring is 1. The van der Waals surface area contributed by atoms with Crippen LogP contribution in [-0.2, 0) is 6.54 Å². The van der Waals surface area contributed by atoms with Crippen LogP contribution in [0.25, 0.3) is 21.9 Å². The van der Waals surface area contributed by atoms with Crippen molar-refractivity contribution in [3.05, 3.63) is 24.3 Å². The largest absolute Gasteiger partial charge is 0.389 e. The first-order valence-electron chi connectivity index (χ1n) is 8.41. The summed E-state index contributed by atoms with van der Waals surface area (Å²) in [6.07, 6.45) is 2.16. The predicted molar refractivity (Wildman–Crippen MR) is 99.1 cm³/mol. The molecule has 0 spiro atoms. The second-order valence-electron chi connectivity index (χ2n) is 6.83. The van der Waals surface area contributed by atoms with Crippen LogP contribution in [0.2, 0.25) is 0 Å². The summed E-state index contributed by atoms with van der Waals surface area (Å²) in [5.74, 6) is 1.14. The lowest BCUT2D eigenvalue weighted by molar-refractivity contribution is 0.0632. The number of benzene rings is 1. The molecule has 3 rings (SSSR count). The molecule has 0 saturated carbocycles. The fourth-order valence-corrected chi connectivity index (χ4v) is 2.91. The molecule has 128 valence electrons. The average Bonchev–Trinajstić information content (AvgIpc) is 2.86. The van der Waals surface area contributed by atoms with Gasteiger partial charge in [0.2, 0.25) is 5.95 Å². The number of unbranched alkanes of at least 4 members (excludes halogenated alkanes) is 1. The summed E-state index contributed by atoms with van der Waals surface area (Å²) in [6.45, 7) is 6.99. The van der Waals surface area contributed by atoms with Gasteiger partial charge in [-0.3, -0.25) is 0 Å². The van der Waals surface area contributed by atoms with E-state index in [4.69, 9.17) is 5.73 Å². The van der Waals surface area contributed by atoms with Crippen molar-refractivity contribution in [1.82, 2.24) is 14.5 Å². The summed E-state index contributed by atoms with van der Waals surface area (Å²) in [5, 5.41) is 14.7. The lowest BCUT2D eigenvalue weighted by Crippen LogP contribution is -2.27. The van der Waals surface area contributed by atoms with E-state index in [0.29, 0.717) is 17.9 Å². The standard InChI is InChI=1S/C18H25N5O/c1-4-5-10-20-17-22-14-15(23(17)11-18(2,3)24)12-8-6-7-9-13(12)21-16(14)19/h6-9,24H,4-5,10-11H2,1-3H3,(H2,19,21)(H,20,22). The number of hydrogen-bond donors (Lipinski definition) is 3. The minimum absolute atomic E-state index is 0.414. The highest BCUT2D eigenvalue weighted by molar-refractivity contribution is 6.07. The summed E-state index contributed by atoms with van der Waals surface area (Å²) in [6, 6.07) is 7.88. The van der Waals surface area contributed by atoms with Gasteiger partial charge < -0.3 is 20.7 Å². The molecule has 1 aromatic carbocycles. The van der Waals surface area contributed by atoms with Crippen molar-refractivity contribution in [1.29, 1.82) is 0 Å². The van der Waals surface area contributed by atoms with E-state index < -0.39 is 5.60 Å². The highest BCUT2D eigenvalue weighted by atomic mass is 16.3. The van der Waals surface area contributed by atoms with E-state index in [1.54, 1.807) is 13.8 Å². The highest BCUT2D eigenvalue weighted by Crippen LogP contribution is 2.31. The minimum Gasteiger partial charge on any atom is -0.389 e. The summed E-state index contributed by atoms with van der Waals surface area (Å²) in [4.78, 5) is 9.13. The molecule has 0 radical (unpaired) electrons. The van der Waals surface area contributed by atoms with Crippen LogP contribution in [0, 0.1) is 0 Å². The third-order valence-corrected chi connectivity index (χ3v) is 3.97. The zero-order chi connectivity index (χ0) is 17.3. The van der Waals surface area contributed by atoms with Crippen LogP contribution in [0.4, 0.5) is 11.8 Å². The third-order valence-electron chi connectivity index (χ3n) is 3.97. The number of nitrogens with zero attached hydrogens (tertiary/aromatic N) is 3. The molecule has 0 saturated heterocycles. The topological polar surface area (TPSA) is 89.0 Å². The minimum atomic E-state index is -0.867. The Morgan fingerprint density at radius 3 is 2.71 bits per heavy atom. The molecule has 0 unspecified atom stereocenters. The van der Waals surface area contributed by atoms with Crippen LogP contribution in [0.1, 0.15) is 33.6 Å². The summed E-state index contributed by atoms with van der Waals surface area (Å²) >= 11 is 0. The molecule has 0 aliphatic carbocycles. The normalized spacial score (nSPS) is 12.2. The van der Waals surface area contributed by atoms with Crippen molar-refractivity contribution in [2.45, 2.75) is 45.8 Å². The van der Waals surface area contributed by atoms with Crippen molar-refractivity contribution in [3.8, 4) is 0 Å². The lowest BCUT2D eigenvalue weighted by atomic mass is 10.1. The van der Waals surface area contributed by atoms with Gasteiger partial charge in [0, 0.05) is 11.9 Å². The van der Waals surface area contributed by atoms with Gasteiger partial charge >= 0.3 is 0 Å². The van der Waals surface area contributed by atoms with Crippen LogP contribution in [0.15, 0.2) is 24.3 Å². The second kappa shape index (κ2) is 6.28. The number of pyridine rings is 1. The zero-order valence-electron chi connectivity index (χ0n) is 14.5. The maximum atomic E-state index is 10.4. The van der Waals surface area contributed by atoms with Crippen LogP contribution < -0.4 is 11.1 Å². The summed E-state index contributed by atoms with van der Waals surface area (Å²) in [5.41, 5.74) is 7.71. The molecule has 6 nitrogen and oxygen atoms in total. The van der Waals surface area contributed by atoms with E-state index in [1.165, 1.54) is 0 Å². The molecule has 0 amide bonds. The molecule has 0 aliphatic heterocycles. The van der Waals surface area contributed by atoms with E-state index in [-0.39, 0.29) is 0 Å². The molecule has 0 aliphatic rings. The Kier molecular flexibility index (Phi) is 4.32. The Labute approximate surface area is 141 Å². The van der Waals surface area contributed by atoms with Crippen LogP contribution >= 0.6 is 0 Å². The Bertz CT molecular complexity index is 863. The van der Waals surface area contributed by atoms with Crippen molar-refractivity contribution in [3.63, 3.8) is 0 Å². The molecule has 6 heteroatoms. The second-order valence-corrected chi connectivity index (χ2v) is 6.83. The highest BCUT2D eigenvalue weighted by Gasteiger charge is 2.22. The van der Waals surface area contributed by atoms with Gasteiger partial charge in [-0.1, -0.05) is 31.5 Å². The van der Waals surface area contributed by atoms with Gasteiger partial charge in [0.1, 0.15) is 5.52 Å². The fraction of sp³-hybridized carbons (Fsp3) is 0.444. The van der Waals surface area contributed by atoms with E-state index in [2.05, 4.69) is 22.2 Å². The van der Waals surface area contributed by atoms with Crippen molar-refractivity contribution < 1.29 is 5.11 Å². The average molecular weight is 327 g/mol. The van der Waals surface area contributed by atoms with Gasteiger partial charge in [-0.2, -0.15) is 0 Å². The Morgan fingerprint density at radius 2 is 2.00 bits per heavy atom. The number of fused-ring (bicyclic) bond motifs is 3. The van der Waals surface area contributed by atoms with Gasteiger partial charge in [-0.05, 0) is 26.3 Å². The quantitative estimate of drug-likeness (QED) is 0.605. The van der Waals surface area contributed by atoms with Gasteiger partial charge in [0.15, 0.2) is 5.82 Å². The first kappa shape index (κ1) is 16.5. The number of imidazole rings is 1. The molecule has 0 bridgehead atoms. The molecule has 4 N–H and O–H groups in total. The van der Waals surface area contributed by atoms with Gasteiger partial charge in [-0.15, -0.1) is 0 Å². The Balaban J connectivity index is 2.24. The first-order valence-corrected chi connectivity index (χ1v) is 8.41. The van der Waals surface area contributed by atoms with Crippen LogP contribution in [0.5, 0.6) is 0 Å². The monoisotopic (exact) mass is 327 g/mol. The number of hydrogen-bond acceptors (Lipinski definition) is 5. The lowest BCUT2D eigenvalue weighted by Gasteiger charge is -2.21. The van der Waals surface area contributed by atoms with Gasteiger partial charge in [-0.25, -0.2) is 9.97 Å². The number of aromatic nitrogens is 3. The molecule has 2 aromatic heterocycles. The number of aliphatic hydroxyl groups is 1. The molecule has 0 atom stereocenters. The van der Waals surface area contributed by atoms with E-state index >= 15 is 0 Å². The Hall–Kier alpha value is -2.34. The van der Waals surface area contributed by atoms with Crippen molar-refractivity contribution >= 4 is 33.7 Å². The maximum absolute atomic E-state index is 10.4. The smallest absolute Gasteiger partial charge is 0.204 e. The summed E-state index contributed by atoms with van der Waals surface area (Å²) < 4.78 is 2.02. The maximum Gasteiger partial charge on any atom is 0.204 e. The van der Waals surface area contributed by atoms with E-state index in [1.807, 2.05) is 28.8 Å². The van der Waals surface area contributed by atoms with Crippen LogP contribution in [0.3, 0.4) is 0 Å². The van der Waals surface area contributed by atoms with E-state index in [0.717, 1.165) is 41.8 Å². The third kappa shape index (κ3) is 3.14. The van der Waals surface area contributed by atoms with E-state index in [9.17, 15) is 5.11 Å². The van der Waals surface area contributed by atoms with Crippen molar-refractivity contribution in [2.24, 2.45) is 0 Å². The number of anilines is 2. The molecule has 3 aromatic rings. The SMILES string of the molecule is CCCCNc1nc2c(N)nc3ccccc3c2n1CC(C)(C)O. The fourth-order valence-electron chi connectivity index (χ4n) is 2.91. The van der Waals surface area contributed by atoms with Crippen LogP contribution in [-0.4, -0.2) is 31.8 Å². The number of para-hydroxylation sites is 1. The number of nitrogens with two attached hydrogens (primary N) is 1. The molecule has 2 heterocycles. The Morgan fingerprint density at radius 1 is 1.25 bits per heavy atom. The molecule has 0 fully saturated rings. The van der Waals surface area contributed by atoms with Crippen molar-refractivity contribution in [2.75, 3.05) is 17.6 Å². The zero-order valence-corrected chi connectivity index (χ0v) is 14.5. The predicted octanol–water partition coefficient (Wildman–Crippen LogP) is 3.15. The molecule has 24 heavy (non-hydrogen) atoms. The van der Waals surface area contributed by atoms with Gasteiger partial charge in [0.25, 0.3) is 0 Å². The number of rotatable bonds is 6. The summed E-state index contributed by atoms with van der Waals surface area (Å²) in [7, 11) is 0. The molecular weight excluding hydrogens is 302 g/mol. The molecular formula is C18H25N5O. The number of nitrogens with one attached hydrogen (secondary N) is 1.